The van der Waals surface area contributed by atoms with E-state index in [2.05, 4.69) is 4.72 Å². The maximum atomic E-state index is 12.4. The van der Waals surface area contributed by atoms with Crippen molar-refractivity contribution in [1.29, 1.82) is 0 Å². The summed E-state index contributed by atoms with van der Waals surface area (Å²) in [5.74, 6) is 0.409. The standard InChI is InChI=1S/C14H21NO5S/c1-10-12(5-6-20-10)8-15-21(17,18)14-4-3-11(9-16)7-13(14)19-2/h3-4,7,10,12,15-16H,5-6,8-9H2,1-2H3. The van der Waals surface area contributed by atoms with E-state index in [4.69, 9.17) is 14.6 Å². The Morgan fingerprint density at radius 2 is 2.24 bits per heavy atom. The molecular formula is C14H21NO5S. The molecule has 2 unspecified atom stereocenters. The molecule has 1 aromatic carbocycles. The van der Waals surface area contributed by atoms with Crippen molar-refractivity contribution in [3.8, 4) is 5.75 Å². The van der Waals surface area contributed by atoms with Gasteiger partial charge in [-0.2, -0.15) is 0 Å². The summed E-state index contributed by atoms with van der Waals surface area (Å²) in [5.41, 5.74) is 0.601. The van der Waals surface area contributed by atoms with Crippen molar-refractivity contribution in [2.45, 2.75) is 31.0 Å². The normalized spacial score (nSPS) is 22.4. The minimum Gasteiger partial charge on any atom is -0.495 e. The van der Waals surface area contributed by atoms with Crippen LogP contribution in [0.15, 0.2) is 23.1 Å². The van der Waals surface area contributed by atoms with E-state index in [1.807, 2.05) is 6.92 Å². The summed E-state index contributed by atoms with van der Waals surface area (Å²) in [6, 6.07) is 4.54. The molecule has 7 heteroatoms. The Balaban J connectivity index is 2.15. The van der Waals surface area contributed by atoms with Crippen LogP contribution in [0.1, 0.15) is 18.9 Å². The van der Waals surface area contributed by atoms with Crippen molar-refractivity contribution in [3.05, 3.63) is 23.8 Å². The first-order valence-electron chi connectivity index (χ1n) is 6.87. The summed E-state index contributed by atoms with van der Waals surface area (Å²) < 4.78 is 37.9. The summed E-state index contributed by atoms with van der Waals surface area (Å²) in [5, 5.41) is 9.09. The molecule has 1 heterocycles. The number of sulfonamides is 1. The molecule has 0 spiro atoms. The molecule has 2 N–H and O–H groups in total. The second-order valence-corrected chi connectivity index (χ2v) is 6.86. The molecule has 0 aromatic heterocycles. The first kappa shape index (κ1) is 16.2. The van der Waals surface area contributed by atoms with Crippen LogP contribution in [-0.4, -0.2) is 39.9 Å². The minimum absolute atomic E-state index is 0.0614. The van der Waals surface area contributed by atoms with E-state index in [9.17, 15) is 8.42 Å². The van der Waals surface area contributed by atoms with Gasteiger partial charge in [-0.3, -0.25) is 0 Å². The molecule has 0 bridgehead atoms. The van der Waals surface area contributed by atoms with E-state index in [-0.39, 0.29) is 29.3 Å². The van der Waals surface area contributed by atoms with Crippen molar-refractivity contribution < 1.29 is 23.0 Å². The minimum atomic E-state index is -3.65. The van der Waals surface area contributed by atoms with Crippen LogP contribution in [0.4, 0.5) is 0 Å². The second kappa shape index (κ2) is 6.74. The molecule has 1 saturated heterocycles. The monoisotopic (exact) mass is 315 g/mol. The third-order valence-electron chi connectivity index (χ3n) is 3.77. The molecule has 1 aromatic rings. The molecule has 0 amide bonds. The predicted molar refractivity (Wildman–Crippen MR) is 77.6 cm³/mol. The summed E-state index contributed by atoms with van der Waals surface area (Å²) in [6.45, 7) is 2.79. The highest BCUT2D eigenvalue weighted by Gasteiger charge is 2.27. The number of hydrogen-bond acceptors (Lipinski definition) is 5. The first-order valence-corrected chi connectivity index (χ1v) is 8.35. The number of ether oxygens (including phenoxy) is 2. The number of aliphatic hydroxyl groups excluding tert-OH is 1. The summed E-state index contributed by atoms with van der Waals surface area (Å²) in [6.07, 6.45) is 0.913. The molecule has 1 aliphatic rings. The zero-order valence-electron chi connectivity index (χ0n) is 12.2. The lowest BCUT2D eigenvalue weighted by Crippen LogP contribution is -2.32. The molecule has 0 saturated carbocycles. The van der Waals surface area contributed by atoms with Crippen molar-refractivity contribution in [3.63, 3.8) is 0 Å². The van der Waals surface area contributed by atoms with Gasteiger partial charge in [-0.05, 0) is 31.0 Å². The maximum Gasteiger partial charge on any atom is 0.244 e. The highest BCUT2D eigenvalue weighted by molar-refractivity contribution is 7.89. The van der Waals surface area contributed by atoms with Crippen LogP contribution >= 0.6 is 0 Å². The van der Waals surface area contributed by atoms with Gasteiger partial charge >= 0.3 is 0 Å². The molecule has 6 nitrogen and oxygen atoms in total. The van der Waals surface area contributed by atoms with Gasteiger partial charge in [-0.25, -0.2) is 13.1 Å². The largest absolute Gasteiger partial charge is 0.495 e. The Labute approximate surface area is 125 Å². The molecule has 21 heavy (non-hydrogen) atoms. The van der Waals surface area contributed by atoms with Gasteiger partial charge in [0.25, 0.3) is 0 Å². The summed E-state index contributed by atoms with van der Waals surface area (Å²) in [7, 11) is -2.25. The van der Waals surface area contributed by atoms with Gasteiger partial charge in [-0.15, -0.1) is 0 Å². The number of hydrogen-bond donors (Lipinski definition) is 2. The van der Waals surface area contributed by atoms with E-state index >= 15 is 0 Å². The fraction of sp³-hybridized carbons (Fsp3) is 0.571. The fourth-order valence-electron chi connectivity index (χ4n) is 2.37. The zero-order valence-corrected chi connectivity index (χ0v) is 13.0. The number of rotatable bonds is 6. The van der Waals surface area contributed by atoms with Crippen LogP contribution in [0.5, 0.6) is 5.75 Å². The lowest BCUT2D eigenvalue weighted by Gasteiger charge is -2.16. The second-order valence-electron chi connectivity index (χ2n) is 5.12. The average Bonchev–Trinajstić information content (AvgIpc) is 2.89. The van der Waals surface area contributed by atoms with Crippen molar-refractivity contribution in [1.82, 2.24) is 4.72 Å². The molecule has 0 radical (unpaired) electrons. The number of nitrogens with one attached hydrogen (secondary N) is 1. The topological polar surface area (TPSA) is 84.9 Å². The third-order valence-corrected chi connectivity index (χ3v) is 5.23. The van der Waals surface area contributed by atoms with Gasteiger partial charge in [-0.1, -0.05) is 6.07 Å². The van der Waals surface area contributed by atoms with Gasteiger partial charge < -0.3 is 14.6 Å². The molecule has 1 fully saturated rings. The Kier molecular flexibility index (Phi) is 5.21. The Morgan fingerprint density at radius 1 is 1.48 bits per heavy atom. The van der Waals surface area contributed by atoms with Crippen molar-refractivity contribution >= 4 is 10.0 Å². The first-order chi connectivity index (χ1) is 9.97. The highest BCUT2D eigenvalue weighted by atomic mass is 32.2. The van der Waals surface area contributed by atoms with Gasteiger partial charge in [0.2, 0.25) is 10.0 Å². The van der Waals surface area contributed by atoms with Gasteiger partial charge in [0, 0.05) is 19.1 Å². The fourth-order valence-corrected chi connectivity index (χ4v) is 3.61. The predicted octanol–water partition coefficient (Wildman–Crippen LogP) is 0.891. The van der Waals surface area contributed by atoms with E-state index in [0.717, 1.165) is 6.42 Å². The Hall–Kier alpha value is -1.15. The quantitative estimate of drug-likeness (QED) is 0.814. The van der Waals surface area contributed by atoms with Crippen LogP contribution < -0.4 is 9.46 Å². The van der Waals surface area contributed by atoms with Gasteiger partial charge in [0.1, 0.15) is 10.6 Å². The third kappa shape index (κ3) is 3.74. The molecule has 118 valence electrons. The molecule has 1 aliphatic heterocycles. The maximum absolute atomic E-state index is 12.4. The Bertz CT molecular complexity index is 587. The lowest BCUT2D eigenvalue weighted by molar-refractivity contribution is 0.107. The van der Waals surface area contributed by atoms with Crippen LogP contribution in [0.25, 0.3) is 0 Å². The van der Waals surface area contributed by atoms with E-state index in [1.54, 1.807) is 6.07 Å². The Morgan fingerprint density at radius 3 is 2.81 bits per heavy atom. The van der Waals surface area contributed by atoms with Crippen LogP contribution in [0.2, 0.25) is 0 Å². The zero-order chi connectivity index (χ0) is 15.5. The molecule has 2 rings (SSSR count). The number of methoxy groups -OCH3 is 1. The highest BCUT2D eigenvalue weighted by Crippen LogP contribution is 2.26. The average molecular weight is 315 g/mol. The van der Waals surface area contributed by atoms with Crippen molar-refractivity contribution in [2.75, 3.05) is 20.3 Å². The summed E-state index contributed by atoms with van der Waals surface area (Å²) >= 11 is 0. The van der Waals surface area contributed by atoms with E-state index in [0.29, 0.717) is 18.7 Å². The SMILES string of the molecule is COc1cc(CO)ccc1S(=O)(=O)NCC1CCOC1C. The number of benzene rings is 1. The molecule has 0 aliphatic carbocycles. The van der Waals surface area contributed by atoms with Crippen molar-refractivity contribution in [2.24, 2.45) is 5.92 Å². The van der Waals surface area contributed by atoms with Crippen LogP contribution in [-0.2, 0) is 21.4 Å². The van der Waals surface area contributed by atoms with Gasteiger partial charge in [0.05, 0.1) is 19.8 Å². The lowest BCUT2D eigenvalue weighted by atomic mass is 10.0. The summed E-state index contributed by atoms with van der Waals surface area (Å²) in [4.78, 5) is 0.0776. The van der Waals surface area contributed by atoms with Gasteiger partial charge in [0.15, 0.2) is 0 Å². The van der Waals surface area contributed by atoms with E-state index < -0.39 is 10.0 Å². The van der Waals surface area contributed by atoms with E-state index in [1.165, 1.54) is 19.2 Å². The number of aliphatic hydroxyl groups is 1. The van der Waals surface area contributed by atoms with Crippen LogP contribution in [0.3, 0.4) is 0 Å². The smallest absolute Gasteiger partial charge is 0.244 e. The van der Waals surface area contributed by atoms with Crippen LogP contribution in [0, 0.1) is 5.92 Å². The molecule has 2 atom stereocenters. The molecular weight excluding hydrogens is 294 g/mol.